The van der Waals surface area contributed by atoms with E-state index in [0.29, 0.717) is 38.5 Å². The standard InChI is InChI=1S/C42H52N4O5/c1-42(2,3)51-41(48)45(24-11-16-37(47)43-4)25-27-49-35-21-18-32(19-22-35)40(39(31-14-10-15-31)30-12-6-5-7-13-30)33-20-23-36-34(28-33)29-44-46(36)38-17-8-9-26-50-38/h5-7,12-13,18-23,28-29,31,38H,8-11,14-17,24-27H2,1-4H3,(H,43,47)/b40-39-. The van der Waals surface area contributed by atoms with Gasteiger partial charge in [0.25, 0.3) is 0 Å². The highest BCUT2D eigenvalue weighted by Crippen LogP contribution is 2.45. The van der Waals surface area contributed by atoms with Crippen LogP contribution in [0.5, 0.6) is 5.75 Å². The fourth-order valence-electron chi connectivity index (χ4n) is 6.90. The van der Waals surface area contributed by atoms with Gasteiger partial charge in [0.05, 0.1) is 18.3 Å². The van der Waals surface area contributed by atoms with Gasteiger partial charge in [0.1, 0.15) is 18.0 Å². The molecular formula is C42H52N4O5. The number of carbonyl (C=O) groups is 2. The maximum Gasteiger partial charge on any atom is 0.410 e. The molecule has 9 heteroatoms. The molecule has 1 N–H and O–H groups in total. The Hall–Kier alpha value is -4.63. The van der Waals surface area contributed by atoms with Crippen LogP contribution in [-0.4, -0.2) is 65.6 Å². The van der Waals surface area contributed by atoms with Crippen LogP contribution in [0.3, 0.4) is 0 Å². The molecule has 1 aliphatic carbocycles. The number of rotatable bonds is 13. The number of benzene rings is 3. The van der Waals surface area contributed by atoms with Crippen LogP contribution >= 0.6 is 0 Å². The van der Waals surface area contributed by atoms with Crippen LogP contribution in [0.2, 0.25) is 0 Å². The quantitative estimate of drug-likeness (QED) is 0.141. The van der Waals surface area contributed by atoms with E-state index in [9.17, 15) is 9.59 Å². The van der Waals surface area contributed by atoms with Gasteiger partial charge < -0.3 is 24.4 Å². The van der Waals surface area contributed by atoms with Gasteiger partial charge in [0.15, 0.2) is 6.23 Å². The zero-order chi connectivity index (χ0) is 35.8. The predicted molar refractivity (Wildman–Crippen MR) is 201 cm³/mol. The average Bonchev–Trinajstić information content (AvgIpc) is 3.54. The topological polar surface area (TPSA) is 94.9 Å². The minimum absolute atomic E-state index is 0.0155. The summed E-state index contributed by atoms with van der Waals surface area (Å²) in [5.41, 5.74) is 6.62. The van der Waals surface area contributed by atoms with E-state index in [2.05, 4.69) is 66.0 Å². The Balaban J connectivity index is 1.26. The second kappa shape index (κ2) is 16.6. The lowest BCUT2D eigenvalue weighted by molar-refractivity contribution is -0.120. The van der Waals surface area contributed by atoms with E-state index in [1.807, 2.05) is 43.8 Å². The first-order valence-electron chi connectivity index (χ1n) is 18.5. The molecule has 1 unspecified atom stereocenters. The molecule has 1 aromatic heterocycles. The third kappa shape index (κ3) is 9.19. The number of aromatic nitrogens is 2. The second-order valence-corrected chi connectivity index (χ2v) is 14.6. The van der Waals surface area contributed by atoms with Crippen LogP contribution in [0.15, 0.2) is 79.0 Å². The molecule has 0 spiro atoms. The van der Waals surface area contributed by atoms with E-state index in [1.54, 1.807) is 11.9 Å². The van der Waals surface area contributed by atoms with Gasteiger partial charge in [-0.25, -0.2) is 9.48 Å². The minimum Gasteiger partial charge on any atom is -0.492 e. The van der Waals surface area contributed by atoms with Crippen molar-refractivity contribution >= 4 is 34.0 Å². The molecule has 1 saturated heterocycles. The molecule has 0 bridgehead atoms. The SMILES string of the molecule is CNC(=O)CCCN(CCOc1ccc(/C(=C(\c2ccccc2)C2CCC2)c2ccc3c(cnn3C3CCCCO3)c2)cc1)C(=O)OC(C)(C)C. The summed E-state index contributed by atoms with van der Waals surface area (Å²) in [6.45, 7) is 7.36. The second-order valence-electron chi connectivity index (χ2n) is 14.6. The number of hydrogen-bond donors (Lipinski definition) is 1. The van der Waals surface area contributed by atoms with Gasteiger partial charge in [-0.3, -0.25) is 4.79 Å². The first-order chi connectivity index (χ1) is 24.7. The van der Waals surface area contributed by atoms with Gasteiger partial charge >= 0.3 is 6.09 Å². The van der Waals surface area contributed by atoms with Gasteiger partial charge in [-0.05, 0) is 117 Å². The molecular weight excluding hydrogens is 640 g/mol. The van der Waals surface area contributed by atoms with E-state index >= 15 is 0 Å². The summed E-state index contributed by atoms with van der Waals surface area (Å²) in [5.74, 6) is 1.15. The number of nitrogens with one attached hydrogen (secondary N) is 1. The molecule has 2 amide bonds. The van der Waals surface area contributed by atoms with Gasteiger partial charge in [-0.15, -0.1) is 0 Å². The molecule has 0 radical (unpaired) electrons. The van der Waals surface area contributed by atoms with Crippen LogP contribution in [0.1, 0.15) is 95.1 Å². The normalized spacial score (nSPS) is 17.0. The van der Waals surface area contributed by atoms with Crippen molar-refractivity contribution in [3.63, 3.8) is 0 Å². The average molecular weight is 693 g/mol. The number of carbonyl (C=O) groups excluding carboxylic acids is 2. The van der Waals surface area contributed by atoms with Crippen molar-refractivity contribution in [3.8, 4) is 5.75 Å². The molecule has 2 fully saturated rings. The number of hydrogen-bond acceptors (Lipinski definition) is 6. The maximum atomic E-state index is 13.0. The number of fused-ring (bicyclic) bond motifs is 1. The number of amides is 2. The molecule has 1 aliphatic heterocycles. The summed E-state index contributed by atoms with van der Waals surface area (Å²) >= 11 is 0. The summed E-state index contributed by atoms with van der Waals surface area (Å²) in [4.78, 5) is 26.4. The van der Waals surface area contributed by atoms with Crippen molar-refractivity contribution in [2.24, 2.45) is 5.92 Å². The van der Waals surface area contributed by atoms with E-state index in [4.69, 9.17) is 19.3 Å². The van der Waals surface area contributed by atoms with Crippen molar-refractivity contribution in [1.82, 2.24) is 20.0 Å². The molecule has 2 aliphatic rings. The molecule has 1 saturated carbocycles. The van der Waals surface area contributed by atoms with E-state index in [1.165, 1.54) is 36.0 Å². The first-order valence-corrected chi connectivity index (χ1v) is 18.5. The minimum atomic E-state index is -0.620. The fourth-order valence-corrected chi connectivity index (χ4v) is 6.90. The highest BCUT2D eigenvalue weighted by atomic mass is 16.6. The zero-order valence-electron chi connectivity index (χ0n) is 30.5. The Bertz CT molecular complexity index is 1800. The highest BCUT2D eigenvalue weighted by Gasteiger charge is 2.28. The number of ether oxygens (including phenoxy) is 3. The van der Waals surface area contributed by atoms with Gasteiger partial charge in [0.2, 0.25) is 5.91 Å². The molecule has 51 heavy (non-hydrogen) atoms. The lowest BCUT2D eigenvalue weighted by Crippen LogP contribution is -2.40. The predicted octanol–water partition coefficient (Wildman–Crippen LogP) is 8.64. The molecule has 4 aromatic rings. The summed E-state index contributed by atoms with van der Waals surface area (Å²) in [6, 6.07) is 25.8. The van der Waals surface area contributed by atoms with E-state index in [0.717, 1.165) is 53.6 Å². The van der Waals surface area contributed by atoms with Crippen molar-refractivity contribution in [1.29, 1.82) is 0 Å². The van der Waals surface area contributed by atoms with Crippen LogP contribution in [0, 0.1) is 5.92 Å². The Morgan fingerprint density at radius 3 is 2.35 bits per heavy atom. The molecule has 2 heterocycles. The fraction of sp³-hybridized carbons (Fsp3) is 0.452. The summed E-state index contributed by atoms with van der Waals surface area (Å²) in [6.07, 6.45) is 9.23. The number of nitrogens with zero attached hydrogens (tertiary/aromatic N) is 3. The maximum absolute atomic E-state index is 13.0. The van der Waals surface area contributed by atoms with Crippen LogP contribution in [0.25, 0.3) is 22.0 Å². The van der Waals surface area contributed by atoms with Crippen molar-refractivity contribution < 1.29 is 23.8 Å². The van der Waals surface area contributed by atoms with Crippen molar-refractivity contribution in [3.05, 3.63) is 95.7 Å². The smallest absolute Gasteiger partial charge is 0.410 e. The van der Waals surface area contributed by atoms with Crippen LogP contribution in [-0.2, 0) is 14.3 Å². The molecule has 9 nitrogen and oxygen atoms in total. The van der Waals surface area contributed by atoms with Gasteiger partial charge in [-0.1, -0.05) is 55.0 Å². The molecule has 1 atom stereocenters. The summed E-state index contributed by atoms with van der Waals surface area (Å²) in [5, 5.41) is 8.51. The monoisotopic (exact) mass is 692 g/mol. The first kappa shape index (κ1) is 36.2. The lowest BCUT2D eigenvalue weighted by atomic mass is 9.73. The van der Waals surface area contributed by atoms with Crippen LogP contribution < -0.4 is 10.1 Å². The third-order valence-corrected chi connectivity index (χ3v) is 9.72. The number of allylic oxidation sites excluding steroid dienone is 1. The molecule has 270 valence electrons. The summed E-state index contributed by atoms with van der Waals surface area (Å²) in [7, 11) is 1.61. The van der Waals surface area contributed by atoms with Crippen LogP contribution in [0.4, 0.5) is 4.79 Å². The molecule has 3 aromatic carbocycles. The highest BCUT2D eigenvalue weighted by molar-refractivity contribution is 6.01. The van der Waals surface area contributed by atoms with Crippen molar-refractivity contribution in [2.75, 3.05) is 33.4 Å². The Kier molecular flexibility index (Phi) is 11.8. The third-order valence-electron chi connectivity index (χ3n) is 9.72. The van der Waals surface area contributed by atoms with E-state index < -0.39 is 11.7 Å². The van der Waals surface area contributed by atoms with Gasteiger partial charge in [-0.2, -0.15) is 5.10 Å². The Morgan fingerprint density at radius 1 is 0.922 bits per heavy atom. The van der Waals surface area contributed by atoms with Gasteiger partial charge in [0, 0.05) is 32.0 Å². The lowest BCUT2D eigenvalue weighted by Gasteiger charge is -2.31. The zero-order valence-corrected chi connectivity index (χ0v) is 30.5. The Morgan fingerprint density at radius 2 is 1.69 bits per heavy atom. The largest absolute Gasteiger partial charge is 0.492 e. The van der Waals surface area contributed by atoms with E-state index in [-0.39, 0.29) is 12.1 Å². The Labute approximate surface area is 302 Å². The summed E-state index contributed by atoms with van der Waals surface area (Å²) < 4.78 is 19.9. The van der Waals surface area contributed by atoms with Crippen molar-refractivity contribution in [2.45, 2.75) is 84.0 Å². The molecule has 6 rings (SSSR count).